The molecular formula is C30H27N3O4S2. The van der Waals surface area contributed by atoms with E-state index < -0.39 is 11.9 Å². The van der Waals surface area contributed by atoms with Crippen LogP contribution in [-0.4, -0.2) is 28.0 Å². The molecule has 39 heavy (non-hydrogen) atoms. The number of esters is 1. The minimum atomic E-state index is -0.514. The van der Waals surface area contributed by atoms with Crippen LogP contribution in [-0.2, 0) is 16.1 Å². The van der Waals surface area contributed by atoms with Gasteiger partial charge < -0.3 is 10.1 Å². The fourth-order valence-corrected chi connectivity index (χ4v) is 6.48. The Balaban J connectivity index is 1.48. The fraction of sp³-hybridized carbons (Fsp3) is 0.200. The van der Waals surface area contributed by atoms with E-state index in [-0.39, 0.29) is 18.7 Å². The van der Waals surface area contributed by atoms with Crippen molar-refractivity contribution in [3.05, 3.63) is 92.2 Å². The van der Waals surface area contributed by atoms with Crippen molar-refractivity contribution in [1.29, 1.82) is 0 Å². The molecule has 1 amide bonds. The topological polar surface area (TPSA) is 90.3 Å². The highest BCUT2D eigenvalue weighted by Crippen LogP contribution is 2.37. The van der Waals surface area contributed by atoms with Crippen LogP contribution in [0.1, 0.15) is 33.3 Å². The number of aromatic nitrogens is 2. The number of carbonyl (C=O) groups is 2. The van der Waals surface area contributed by atoms with Crippen molar-refractivity contribution >= 4 is 49.8 Å². The van der Waals surface area contributed by atoms with Crippen LogP contribution in [0.15, 0.2) is 65.0 Å². The maximum atomic E-state index is 13.6. The smallest absolute Gasteiger partial charge is 0.341 e. The number of amides is 1. The van der Waals surface area contributed by atoms with E-state index in [1.54, 1.807) is 6.92 Å². The van der Waals surface area contributed by atoms with E-state index in [1.165, 1.54) is 39.1 Å². The van der Waals surface area contributed by atoms with Gasteiger partial charge in [-0.15, -0.1) is 22.7 Å². The monoisotopic (exact) mass is 557 g/mol. The summed E-state index contributed by atoms with van der Waals surface area (Å²) in [6.07, 6.45) is 1.40. The first-order chi connectivity index (χ1) is 18.8. The van der Waals surface area contributed by atoms with Gasteiger partial charge in [0.15, 0.2) is 0 Å². The number of thiophene rings is 2. The second-order valence-electron chi connectivity index (χ2n) is 9.18. The lowest BCUT2D eigenvalue weighted by Gasteiger charge is -2.10. The van der Waals surface area contributed by atoms with Gasteiger partial charge in [-0.1, -0.05) is 48.5 Å². The Kier molecular flexibility index (Phi) is 7.45. The number of carbonyl (C=O) groups excluding carboxylic acids is 2. The van der Waals surface area contributed by atoms with Gasteiger partial charge in [-0.25, -0.2) is 9.78 Å². The molecule has 0 atom stereocenters. The van der Waals surface area contributed by atoms with Crippen LogP contribution in [0.25, 0.3) is 32.5 Å². The largest absolute Gasteiger partial charge is 0.462 e. The highest BCUT2D eigenvalue weighted by atomic mass is 32.1. The molecular weight excluding hydrogens is 530 g/mol. The van der Waals surface area contributed by atoms with Crippen LogP contribution in [0, 0.1) is 20.8 Å². The summed E-state index contributed by atoms with van der Waals surface area (Å²) in [5.74, 6) is -0.954. The van der Waals surface area contributed by atoms with Crippen LogP contribution >= 0.6 is 22.7 Å². The molecule has 7 nitrogen and oxygen atoms in total. The normalized spacial score (nSPS) is 11.1. The number of rotatable bonds is 7. The molecule has 0 radical (unpaired) electrons. The summed E-state index contributed by atoms with van der Waals surface area (Å²) >= 11 is 2.71. The molecule has 2 aromatic carbocycles. The summed E-state index contributed by atoms with van der Waals surface area (Å²) in [5, 5.41) is 5.53. The zero-order valence-electron chi connectivity index (χ0n) is 22.0. The number of benzene rings is 2. The highest BCUT2D eigenvalue weighted by Gasteiger charge is 2.23. The summed E-state index contributed by atoms with van der Waals surface area (Å²) in [6.45, 7) is 7.77. The number of aryl methyl sites for hydroxylation is 3. The number of anilines is 1. The average molecular weight is 558 g/mol. The molecule has 5 aromatic rings. The van der Waals surface area contributed by atoms with Crippen LogP contribution in [0.2, 0.25) is 0 Å². The lowest BCUT2D eigenvalue weighted by molar-refractivity contribution is -0.116. The highest BCUT2D eigenvalue weighted by molar-refractivity contribution is 7.19. The standard InChI is InChI=1S/C30H27N3O4S2/c1-5-37-30(36)25-22(20-9-7-6-8-10-20)15-38-28(25)32-23(34)14-33-16-31-27-26(29(33)35)24(19(4)39-27)21-12-11-17(2)18(3)13-21/h6-13,15-16H,5,14H2,1-4H3,(H,32,34). The van der Waals surface area contributed by atoms with Crippen molar-refractivity contribution in [2.75, 3.05) is 11.9 Å². The molecule has 0 aliphatic carbocycles. The first-order valence-corrected chi connectivity index (χ1v) is 14.2. The molecule has 0 bridgehead atoms. The lowest BCUT2D eigenvalue weighted by Crippen LogP contribution is -2.28. The summed E-state index contributed by atoms with van der Waals surface area (Å²) in [7, 11) is 0. The molecule has 0 spiro atoms. The maximum absolute atomic E-state index is 13.6. The Labute approximate surface area is 233 Å². The summed E-state index contributed by atoms with van der Waals surface area (Å²) < 4.78 is 6.59. The summed E-state index contributed by atoms with van der Waals surface area (Å²) in [6, 6.07) is 15.6. The van der Waals surface area contributed by atoms with E-state index in [4.69, 9.17) is 4.74 Å². The first-order valence-electron chi connectivity index (χ1n) is 12.5. The third-order valence-electron chi connectivity index (χ3n) is 6.57. The lowest BCUT2D eigenvalue weighted by atomic mass is 9.99. The Morgan fingerprint density at radius 2 is 1.79 bits per heavy atom. The molecule has 3 heterocycles. The van der Waals surface area contributed by atoms with Crippen molar-refractivity contribution in [2.45, 2.75) is 34.2 Å². The number of nitrogens with zero attached hydrogens (tertiary/aromatic N) is 2. The number of fused-ring (bicyclic) bond motifs is 1. The Morgan fingerprint density at radius 1 is 1.03 bits per heavy atom. The van der Waals surface area contributed by atoms with Crippen molar-refractivity contribution < 1.29 is 14.3 Å². The molecule has 0 aliphatic heterocycles. The zero-order chi connectivity index (χ0) is 27.7. The van der Waals surface area contributed by atoms with Crippen molar-refractivity contribution in [2.24, 2.45) is 0 Å². The van der Waals surface area contributed by atoms with Crippen molar-refractivity contribution in [3.8, 4) is 22.3 Å². The molecule has 1 N–H and O–H groups in total. The van der Waals surface area contributed by atoms with Gasteiger partial charge in [-0.2, -0.15) is 0 Å². The Hall–Kier alpha value is -4.08. The van der Waals surface area contributed by atoms with Gasteiger partial charge in [0.05, 0.1) is 18.3 Å². The Morgan fingerprint density at radius 3 is 2.51 bits per heavy atom. The Bertz CT molecular complexity index is 1770. The molecule has 5 rings (SSSR count). The fourth-order valence-electron chi connectivity index (χ4n) is 4.50. The first kappa shape index (κ1) is 26.5. The predicted molar refractivity (Wildman–Crippen MR) is 158 cm³/mol. The number of ether oxygens (including phenoxy) is 1. The summed E-state index contributed by atoms with van der Waals surface area (Å²) in [4.78, 5) is 45.7. The van der Waals surface area contributed by atoms with Crippen LogP contribution < -0.4 is 10.9 Å². The van der Waals surface area contributed by atoms with E-state index >= 15 is 0 Å². The van der Waals surface area contributed by atoms with Crippen LogP contribution in [0.3, 0.4) is 0 Å². The minimum absolute atomic E-state index is 0.209. The second-order valence-corrected chi connectivity index (χ2v) is 11.3. The molecule has 3 aromatic heterocycles. The van der Waals surface area contributed by atoms with E-state index in [9.17, 15) is 14.4 Å². The summed E-state index contributed by atoms with van der Waals surface area (Å²) in [5.41, 5.74) is 5.65. The van der Waals surface area contributed by atoms with Crippen LogP contribution in [0.5, 0.6) is 0 Å². The van der Waals surface area contributed by atoms with E-state index in [2.05, 4.69) is 23.3 Å². The zero-order valence-corrected chi connectivity index (χ0v) is 23.7. The van der Waals surface area contributed by atoms with Gasteiger partial charge >= 0.3 is 5.97 Å². The molecule has 198 valence electrons. The van der Waals surface area contributed by atoms with Gasteiger partial charge in [-0.3, -0.25) is 14.2 Å². The molecule has 0 saturated heterocycles. The average Bonchev–Trinajstić information content (AvgIpc) is 3.49. The SMILES string of the molecule is CCOC(=O)c1c(-c2ccccc2)csc1NC(=O)Cn1cnc2sc(C)c(-c3ccc(C)c(C)c3)c2c1=O. The second kappa shape index (κ2) is 11.0. The van der Waals surface area contributed by atoms with E-state index in [0.717, 1.165) is 27.1 Å². The molecule has 9 heteroatoms. The number of hydrogen-bond donors (Lipinski definition) is 1. The maximum Gasteiger partial charge on any atom is 0.341 e. The third kappa shape index (κ3) is 5.15. The van der Waals surface area contributed by atoms with Crippen molar-refractivity contribution in [1.82, 2.24) is 9.55 Å². The predicted octanol–water partition coefficient (Wildman–Crippen LogP) is 6.59. The third-order valence-corrected chi connectivity index (χ3v) is 8.48. The molecule has 0 saturated carbocycles. The van der Waals surface area contributed by atoms with E-state index in [1.807, 2.05) is 61.7 Å². The van der Waals surface area contributed by atoms with Gasteiger partial charge in [0, 0.05) is 21.4 Å². The number of hydrogen-bond acceptors (Lipinski definition) is 7. The minimum Gasteiger partial charge on any atom is -0.462 e. The van der Waals surface area contributed by atoms with Gasteiger partial charge in [0.2, 0.25) is 5.91 Å². The van der Waals surface area contributed by atoms with Gasteiger partial charge in [0.25, 0.3) is 5.56 Å². The quantitative estimate of drug-likeness (QED) is 0.228. The number of nitrogens with one attached hydrogen (secondary N) is 1. The molecule has 0 fully saturated rings. The van der Waals surface area contributed by atoms with Gasteiger partial charge in [-0.05, 0) is 49.9 Å². The van der Waals surface area contributed by atoms with Gasteiger partial charge in [0.1, 0.15) is 21.9 Å². The molecule has 0 aliphatic rings. The molecule has 0 unspecified atom stereocenters. The van der Waals surface area contributed by atoms with Crippen molar-refractivity contribution in [3.63, 3.8) is 0 Å². The van der Waals surface area contributed by atoms with E-state index in [0.29, 0.717) is 26.3 Å². The van der Waals surface area contributed by atoms with Crippen LogP contribution in [0.4, 0.5) is 5.00 Å².